The molecule has 1 aromatic heterocycles. The van der Waals surface area contributed by atoms with E-state index in [0.717, 1.165) is 30.1 Å². The number of alkyl halides is 6. The van der Waals surface area contributed by atoms with Crippen molar-refractivity contribution < 1.29 is 26.3 Å². The van der Waals surface area contributed by atoms with Gasteiger partial charge in [0.05, 0.1) is 11.1 Å². The summed E-state index contributed by atoms with van der Waals surface area (Å²) in [5, 5.41) is 4.04. The van der Waals surface area contributed by atoms with Gasteiger partial charge in [0.2, 0.25) is 0 Å². The highest BCUT2D eigenvalue weighted by Gasteiger charge is 2.41. The maximum absolute atomic E-state index is 13.5. The quantitative estimate of drug-likeness (QED) is 0.537. The predicted octanol–water partition coefficient (Wildman–Crippen LogP) is 5.49. The summed E-state index contributed by atoms with van der Waals surface area (Å²) in [6.45, 7) is 2.07. The standard InChI is InChI=1S/C20H16F6N2/c21-19(22,23)15-2-1-3-16(20(24,25)26)18(15)13-5-4-12-10-14-6-7-27-8-9-28(14)17(12)11-13/h1-5,10-11,27H,6-9H2. The smallest absolute Gasteiger partial charge is 0.343 e. The van der Waals surface area contributed by atoms with Gasteiger partial charge in [-0.1, -0.05) is 18.2 Å². The third-order valence-corrected chi connectivity index (χ3v) is 5.02. The molecule has 1 aliphatic heterocycles. The average Bonchev–Trinajstić information content (AvgIpc) is 2.80. The fourth-order valence-electron chi connectivity index (χ4n) is 3.81. The lowest BCUT2D eigenvalue weighted by molar-refractivity contribution is -0.142. The second kappa shape index (κ2) is 6.55. The molecule has 2 heterocycles. The Morgan fingerprint density at radius 3 is 2.14 bits per heavy atom. The van der Waals surface area contributed by atoms with Crippen LogP contribution in [0.5, 0.6) is 0 Å². The minimum absolute atomic E-state index is 0.0918. The second-order valence-corrected chi connectivity index (χ2v) is 6.78. The molecule has 0 saturated heterocycles. The summed E-state index contributed by atoms with van der Waals surface area (Å²) in [4.78, 5) is 0. The van der Waals surface area contributed by atoms with Crippen LogP contribution in [-0.4, -0.2) is 17.7 Å². The molecule has 28 heavy (non-hydrogen) atoms. The molecule has 1 aliphatic rings. The van der Waals surface area contributed by atoms with Crippen molar-refractivity contribution in [2.45, 2.75) is 25.3 Å². The second-order valence-electron chi connectivity index (χ2n) is 6.78. The van der Waals surface area contributed by atoms with E-state index in [9.17, 15) is 26.3 Å². The third kappa shape index (κ3) is 3.26. The first-order chi connectivity index (χ1) is 13.2. The molecule has 8 heteroatoms. The average molecular weight is 398 g/mol. The van der Waals surface area contributed by atoms with Crippen LogP contribution in [0.4, 0.5) is 26.3 Å². The van der Waals surface area contributed by atoms with Gasteiger partial charge in [-0.25, -0.2) is 0 Å². The van der Waals surface area contributed by atoms with Crippen LogP contribution in [0.3, 0.4) is 0 Å². The lowest BCUT2D eigenvalue weighted by Gasteiger charge is -2.19. The van der Waals surface area contributed by atoms with Crippen LogP contribution in [0.1, 0.15) is 16.8 Å². The number of benzene rings is 2. The largest absolute Gasteiger partial charge is 0.417 e. The monoisotopic (exact) mass is 398 g/mol. The highest BCUT2D eigenvalue weighted by atomic mass is 19.4. The maximum atomic E-state index is 13.5. The Hall–Kier alpha value is -2.48. The zero-order chi connectivity index (χ0) is 20.1. The lowest BCUT2D eigenvalue weighted by Crippen LogP contribution is -2.17. The molecule has 148 valence electrons. The van der Waals surface area contributed by atoms with Gasteiger partial charge < -0.3 is 9.88 Å². The first kappa shape index (κ1) is 18.9. The third-order valence-electron chi connectivity index (χ3n) is 5.02. The fourth-order valence-corrected chi connectivity index (χ4v) is 3.81. The number of aromatic nitrogens is 1. The number of halogens is 6. The molecule has 0 radical (unpaired) electrons. The minimum Gasteiger partial charge on any atom is -0.343 e. The van der Waals surface area contributed by atoms with E-state index >= 15 is 0 Å². The molecule has 0 spiro atoms. The van der Waals surface area contributed by atoms with Crippen molar-refractivity contribution in [1.82, 2.24) is 9.88 Å². The van der Waals surface area contributed by atoms with Gasteiger partial charge in [-0.2, -0.15) is 26.3 Å². The fraction of sp³-hybridized carbons (Fsp3) is 0.300. The van der Waals surface area contributed by atoms with Gasteiger partial charge in [-0.05, 0) is 35.2 Å². The SMILES string of the molecule is FC(F)(F)c1cccc(C(F)(F)F)c1-c1ccc2cc3n(c2c1)CCNCC3. The molecule has 0 aliphatic carbocycles. The Balaban J connectivity index is 1.98. The van der Waals surface area contributed by atoms with Crippen LogP contribution >= 0.6 is 0 Å². The van der Waals surface area contributed by atoms with Crippen LogP contribution in [0.2, 0.25) is 0 Å². The minimum atomic E-state index is -4.90. The topological polar surface area (TPSA) is 17.0 Å². The molecule has 0 unspecified atom stereocenters. The molecule has 0 fully saturated rings. The number of rotatable bonds is 1. The summed E-state index contributed by atoms with van der Waals surface area (Å²) in [5.74, 6) is 0. The molecule has 2 nitrogen and oxygen atoms in total. The zero-order valence-corrected chi connectivity index (χ0v) is 14.6. The van der Waals surface area contributed by atoms with Crippen molar-refractivity contribution in [2.24, 2.45) is 0 Å². The molecule has 0 amide bonds. The van der Waals surface area contributed by atoms with Crippen LogP contribution < -0.4 is 5.32 Å². The highest BCUT2D eigenvalue weighted by Crippen LogP contribution is 2.45. The number of nitrogens with one attached hydrogen (secondary N) is 1. The van der Waals surface area contributed by atoms with E-state index in [-0.39, 0.29) is 5.56 Å². The van der Waals surface area contributed by atoms with E-state index in [1.54, 1.807) is 6.07 Å². The van der Waals surface area contributed by atoms with Gasteiger partial charge in [0.25, 0.3) is 0 Å². The molecule has 0 atom stereocenters. The Labute approximate surface area is 156 Å². The van der Waals surface area contributed by atoms with Crippen LogP contribution in [0, 0.1) is 0 Å². The van der Waals surface area contributed by atoms with E-state index in [1.807, 2.05) is 10.6 Å². The molecule has 4 rings (SSSR count). The van der Waals surface area contributed by atoms with E-state index in [1.165, 1.54) is 12.1 Å². The molecular weight excluding hydrogens is 382 g/mol. The van der Waals surface area contributed by atoms with Crippen molar-refractivity contribution >= 4 is 10.9 Å². The highest BCUT2D eigenvalue weighted by molar-refractivity contribution is 5.88. The molecule has 2 aromatic carbocycles. The lowest BCUT2D eigenvalue weighted by atomic mass is 9.93. The first-order valence-corrected chi connectivity index (χ1v) is 8.77. The first-order valence-electron chi connectivity index (χ1n) is 8.77. The van der Waals surface area contributed by atoms with Crippen LogP contribution in [0.25, 0.3) is 22.0 Å². The van der Waals surface area contributed by atoms with Crippen molar-refractivity contribution in [3.63, 3.8) is 0 Å². The Bertz CT molecular complexity index is 997. The van der Waals surface area contributed by atoms with E-state index in [0.29, 0.717) is 30.7 Å². The molecule has 1 N–H and O–H groups in total. The van der Waals surface area contributed by atoms with Gasteiger partial charge in [-0.15, -0.1) is 0 Å². The van der Waals surface area contributed by atoms with E-state index in [2.05, 4.69) is 5.32 Å². The maximum Gasteiger partial charge on any atom is 0.417 e. The Kier molecular flexibility index (Phi) is 4.41. The number of fused-ring (bicyclic) bond motifs is 3. The summed E-state index contributed by atoms with van der Waals surface area (Å²) in [6, 6.07) is 8.47. The number of hydrogen-bond donors (Lipinski definition) is 1. The summed E-state index contributed by atoms with van der Waals surface area (Å²) < 4.78 is 83.0. The van der Waals surface area contributed by atoms with Crippen molar-refractivity contribution in [2.75, 3.05) is 13.1 Å². The number of nitrogens with zero attached hydrogens (tertiary/aromatic N) is 1. The van der Waals surface area contributed by atoms with Crippen molar-refractivity contribution in [3.05, 3.63) is 59.3 Å². The Morgan fingerprint density at radius 2 is 1.50 bits per heavy atom. The summed E-state index contributed by atoms with van der Waals surface area (Å²) in [6.07, 6.45) is -9.05. The van der Waals surface area contributed by atoms with Gasteiger partial charge in [0, 0.05) is 42.8 Å². The summed E-state index contributed by atoms with van der Waals surface area (Å²) in [5.41, 5.74) is -1.84. The van der Waals surface area contributed by atoms with Crippen LogP contribution in [-0.2, 0) is 25.3 Å². The molecular formula is C20H16F6N2. The predicted molar refractivity (Wildman–Crippen MR) is 94.0 cm³/mol. The molecule has 3 aromatic rings. The number of hydrogen-bond acceptors (Lipinski definition) is 1. The summed E-state index contributed by atoms with van der Waals surface area (Å²) >= 11 is 0. The molecule has 0 saturated carbocycles. The van der Waals surface area contributed by atoms with Crippen LogP contribution in [0.15, 0.2) is 42.5 Å². The Morgan fingerprint density at radius 1 is 0.821 bits per heavy atom. The summed E-state index contributed by atoms with van der Waals surface area (Å²) in [7, 11) is 0. The van der Waals surface area contributed by atoms with E-state index in [4.69, 9.17) is 0 Å². The van der Waals surface area contributed by atoms with Gasteiger partial charge in [0.15, 0.2) is 0 Å². The van der Waals surface area contributed by atoms with Gasteiger partial charge >= 0.3 is 12.4 Å². The van der Waals surface area contributed by atoms with Gasteiger partial charge in [-0.3, -0.25) is 0 Å². The molecule has 0 bridgehead atoms. The van der Waals surface area contributed by atoms with E-state index < -0.39 is 29.0 Å². The normalized spacial score (nSPS) is 15.5. The zero-order valence-electron chi connectivity index (χ0n) is 14.6. The van der Waals surface area contributed by atoms with Crippen molar-refractivity contribution in [3.8, 4) is 11.1 Å². The van der Waals surface area contributed by atoms with Gasteiger partial charge in [0.1, 0.15) is 0 Å². The van der Waals surface area contributed by atoms with Crippen molar-refractivity contribution in [1.29, 1.82) is 0 Å².